The van der Waals surface area contributed by atoms with Crippen LogP contribution in [0.1, 0.15) is 62.4 Å². The summed E-state index contributed by atoms with van der Waals surface area (Å²) >= 11 is 0. The van der Waals surface area contributed by atoms with Crippen LogP contribution in [0.2, 0.25) is 0 Å². The molecule has 2 atom stereocenters. The molecule has 0 radical (unpaired) electrons. The largest absolute Gasteiger partial charge is 0.444 e. The second kappa shape index (κ2) is 6.62. The van der Waals surface area contributed by atoms with Gasteiger partial charge < -0.3 is 4.74 Å². The van der Waals surface area contributed by atoms with E-state index >= 15 is 0 Å². The van der Waals surface area contributed by atoms with Crippen LogP contribution in [0.25, 0.3) is 5.57 Å². The molecule has 0 spiro atoms. The third-order valence-corrected chi connectivity index (χ3v) is 4.73. The first kappa shape index (κ1) is 17.6. The van der Waals surface area contributed by atoms with E-state index in [1.54, 1.807) is 0 Å². The molecule has 1 aromatic carbocycles. The summed E-state index contributed by atoms with van der Waals surface area (Å²) in [5, 5.41) is 0. The van der Waals surface area contributed by atoms with E-state index in [0.717, 1.165) is 31.1 Å². The zero-order valence-electron chi connectivity index (χ0n) is 14.9. The fourth-order valence-corrected chi connectivity index (χ4v) is 3.74. The topological polar surface area (TPSA) is 46.6 Å². The Morgan fingerprint density at radius 1 is 1.32 bits per heavy atom. The number of carbonyl (C=O) groups is 2. The SMILES string of the molecule is CC(C)(C)OC(=O)N1C2C=C(c3cc(F)ccc3C=O)CC1CCC2. The van der Waals surface area contributed by atoms with Crippen LogP contribution in [0.4, 0.5) is 9.18 Å². The molecule has 25 heavy (non-hydrogen) atoms. The highest BCUT2D eigenvalue weighted by atomic mass is 19.1. The lowest BCUT2D eigenvalue weighted by atomic mass is 9.82. The van der Waals surface area contributed by atoms with Gasteiger partial charge in [-0.3, -0.25) is 9.69 Å². The second-order valence-corrected chi connectivity index (χ2v) is 7.79. The van der Waals surface area contributed by atoms with E-state index < -0.39 is 5.60 Å². The van der Waals surface area contributed by atoms with Crippen LogP contribution in [0.5, 0.6) is 0 Å². The maximum Gasteiger partial charge on any atom is 0.411 e. The monoisotopic (exact) mass is 345 g/mol. The molecule has 1 fully saturated rings. The van der Waals surface area contributed by atoms with Gasteiger partial charge in [0, 0.05) is 11.6 Å². The fraction of sp³-hybridized carbons (Fsp3) is 0.500. The van der Waals surface area contributed by atoms with Gasteiger partial charge in [0.1, 0.15) is 11.4 Å². The normalized spacial score (nSPS) is 23.0. The van der Waals surface area contributed by atoms with Crippen molar-refractivity contribution in [1.29, 1.82) is 0 Å². The van der Waals surface area contributed by atoms with Crippen LogP contribution in [0.15, 0.2) is 24.3 Å². The number of hydrogen-bond acceptors (Lipinski definition) is 3. The minimum atomic E-state index is -0.539. The number of rotatable bonds is 2. The maximum atomic E-state index is 13.7. The van der Waals surface area contributed by atoms with Crippen molar-refractivity contribution in [3.05, 3.63) is 41.2 Å². The number of amides is 1. The summed E-state index contributed by atoms with van der Waals surface area (Å²) in [7, 11) is 0. The highest BCUT2D eigenvalue weighted by Gasteiger charge is 2.39. The zero-order chi connectivity index (χ0) is 18.2. The summed E-state index contributed by atoms with van der Waals surface area (Å²) in [5.74, 6) is -0.360. The molecule has 0 aromatic heterocycles. The Morgan fingerprint density at radius 2 is 2.08 bits per heavy atom. The van der Waals surface area contributed by atoms with Gasteiger partial charge in [-0.2, -0.15) is 0 Å². The second-order valence-electron chi connectivity index (χ2n) is 7.79. The number of fused-ring (bicyclic) bond motifs is 2. The average molecular weight is 345 g/mol. The summed E-state index contributed by atoms with van der Waals surface area (Å²) in [4.78, 5) is 25.7. The number of hydrogen-bond donors (Lipinski definition) is 0. The number of aldehydes is 1. The molecule has 5 heteroatoms. The van der Waals surface area contributed by atoms with E-state index in [-0.39, 0.29) is 24.0 Å². The van der Waals surface area contributed by atoms with Crippen LogP contribution in [-0.4, -0.2) is 35.0 Å². The summed E-state index contributed by atoms with van der Waals surface area (Å²) in [6.07, 6.45) is 5.85. The van der Waals surface area contributed by atoms with E-state index in [0.29, 0.717) is 17.5 Å². The molecule has 4 nitrogen and oxygen atoms in total. The first-order valence-electron chi connectivity index (χ1n) is 8.75. The van der Waals surface area contributed by atoms with Crippen molar-refractivity contribution in [2.45, 2.75) is 64.1 Å². The summed E-state index contributed by atoms with van der Waals surface area (Å²) in [6.45, 7) is 5.57. The Morgan fingerprint density at radius 3 is 2.72 bits per heavy atom. The number of benzene rings is 1. The quantitative estimate of drug-likeness (QED) is 0.737. The fourth-order valence-electron chi connectivity index (χ4n) is 3.74. The lowest BCUT2D eigenvalue weighted by Gasteiger charge is -2.45. The van der Waals surface area contributed by atoms with Gasteiger partial charge in [0.05, 0.1) is 6.04 Å². The number of carbonyl (C=O) groups excluding carboxylic acids is 2. The highest BCUT2D eigenvalue weighted by Crippen LogP contribution is 2.38. The Kier molecular flexibility index (Phi) is 4.67. The van der Waals surface area contributed by atoms with Gasteiger partial charge in [-0.25, -0.2) is 9.18 Å². The van der Waals surface area contributed by atoms with E-state index in [1.165, 1.54) is 18.2 Å². The van der Waals surface area contributed by atoms with Gasteiger partial charge in [-0.1, -0.05) is 6.08 Å². The van der Waals surface area contributed by atoms with Crippen molar-refractivity contribution in [2.75, 3.05) is 0 Å². The summed E-state index contributed by atoms with van der Waals surface area (Å²) in [6, 6.07) is 4.17. The van der Waals surface area contributed by atoms with Gasteiger partial charge in [-0.15, -0.1) is 0 Å². The van der Waals surface area contributed by atoms with E-state index in [2.05, 4.69) is 0 Å². The van der Waals surface area contributed by atoms with Crippen LogP contribution in [0.3, 0.4) is 0 Å². The molecule has 2 aliphatic heterocycles. The number of ether oxygens (including phenoxy) is 1. The van der Waals surface area contributed by atoms with Gasteiger partial charge in [0.25, 0.3) is 0 Å². The average Bonchev–Trinajstić information content (AvgIpc) is 2.51. The van der Waals surface area contributed by atoms with Crippen molar-refractivity contribution >= 4 is 18.0 Å². The first-order valence-corrected chi connectivity index (χ1v) is 8.75. The molecule has 1 saturated heterocycles. The smallest absolute Gasteiger partial charge is 0.411 e. The van der Waals surface area contributed by atoms with Crippen molar-refractivity contribution < 1.29 is 18.7 Å². The third kappa shape index (κ3) is 3.75. The minimum absolute atomic E-state index is 0.0244. The first-order chi connectivity index (χ1) is 11.8. The predicted molar refractivity (Wildman–Crippen MR) is 93.9 cm³/mol. The van der Waals surface area contributed by atoms with Gasteiger partial charge >= 0.3 is 6.09 Å². The lowest BCUT2D eigenvalue weighted by Crippen LogP contribution is -2.53. The molecule has 2 bridgehead atoms. The van der Waals surface area contributed by atoms with E-state index in [4.69, 9.17) is 4.74 Å². The summed E-state index contributed by atoms with van der Waals surface area (Å²) in [5.41, 5.74) is 1.52. The standard InChI is InChI=1S/C20H24FNO3/c1-20(2,3)25-19(24)22-16-5-4-6-17(22)10-14(9-16)18-11-15(21)8-7-13(18)12-23/h7-9,11-12,16-17H,4-6,10H2,1-3H3. The van der Waals surface area contributed by atoms with Crippen LogP contribution in [0, 0.1) is 5.82 Å². The molecule has 3 rings (SSSR count). The van der Waals surface area contributed by atoms with Gasteiger partial charge in [-0.05, 0) is 75.8 Å². The van der Waals surface area contributed by atoms with Crippen molar-refractivity contribution in [2.24, 2.45) is 0 Å². The Labute approximate surface area is 147 Å². The Balaban J connectivity index is 1.93. The third-order valence-electron chi connectivity index (χ3n) is 4.73. The molecule has 2 aliphatic rings. The van der Waals surface area contributed by atoms with Crippen LogP contribution in [-0.2, 0) is 4.74 Å². The van der Waals surface area contributed by atoms with Crippen molar-refractivity contribution in [3.8, 4) is 0 Å². The van der Waals surface area contributed by atoms with E-state index in [1.807, 2.05) is 31.7 Å². The Bertz CT molecular complexity index is 720. The molecule has 1 aromatic rings. The Hall–Kier alpha value is -2.17. The van der Waals surface area contributed by atoms with Crippen molar-refractivity contribution in [3.63, 3.8) is 0 Å². The molecule has 2 heterocycles. The summed E-state index contributed by atoms with van der Waals surface area (Å²) < 4.78 is 19.3. The number of nitrogens with zero attached hydrogens (tertiary/aromatic N) is 1. The molecule has 0 aliphatic carbocycles. The van der Waals surface area contributed by atoms with Gasteiger partial charge in [0.15, 0.2) is 6.29 Å². The maximum absolute atomic E-state index is 13.7. The highest BCUT2D eigenvalue weighted by molar-refractivity contribution is 5.86. The van der Waals surface area contributed by atoms with Crippen LogP contribution < -0.4 is 0 Å². The molecule has 134 valence electrons. The van der Waals surface area contributed by atoms with E-state index in [9.17, 15) is 14.0 Å². The van der Waals surface area contributed by atoms with Crippen molar-refractivity contribution in [1.82, 2.24) is 4.90 Å². The molecular weight excluding hydrogens is 321 g/mol. The molecule has 0 saturated carbocycles. The molecule has 2 unspecified atom stereocenters. The zero-order valence-corrected chi connectivity index (χ0v) is 14.9. The molecule has 0 N–H and O–H groups in total. The van der Waals surface area contributed by atoms with Gasteiger partial charge in [0.2, 0.25) is 0 Å². The number of halogens is 1. The molecular formula is C20H24FNO3. The predicted octanol–water partition coefficient (Wildman–Crippen LogP) is 4.58. The minimum Gasteiger partial charge on any atom is -0.444 e. The van der Waals surface area contributed by atoms with Crippen LogP contribution >= 0.6 is 0 Å². The lowest BCUT2D eigenvalue weighted by molar-refractivity contribution is 0.0000679. The molecule has 1 amide bonds. The number of piperidine rings is 1.